The fourth-order valence-electron chi connectivity index (χ4n) is 2.43. The van der Waals surface area contributed by atoms with E-state index in [1.807, 2.05) is 0 Å². The fourth-order valence-corrected chi connectivity index (χ4v) is 2.43. The molecule has 1 aliphatic rings. The van der Waals surface area contributed by atoms with Crippen molar-refractivity contribution < 1.29 is 13.9 Å². The van der Waals surface area contributed by atoms with Crippen molar-refractivity contribution in [3.63, 3.8) is 0 Å². The van der Waals surface area contributed by atoms with Gasteiger partial charge in [-0.1, -0.05) is 0 Å². The molecule has 4 heteroatoms. The van der Waals surface area contributed by atoms with Crippen molar-refractivity contribution in [1.82, 2.24) is 0 Å². The van der Waals surface area contributed by atoms with Crippen LogP contribution in [-0.4, -0.2) is 26.4 Å². The molecule has 1 aromatic carbocycles. The molecule has 0 aliphatic heterocycles. The Morgan fingerprint density at radius 1 is 1.17 bits per heavy atom. The van der Waals surface area contributed by atoms with Gasteiger partial charge in [-0.05, 0) is 37.8 Å². The molecule has 0 saturated heterocycles. The van der Waals surface area contributed by atoms with Crippen LogP contribution in [0.15, 0.2) is 18.2 Å². The van der Waals surface area contributed by atoms with Crippen LogP contribution in [-0.2, 0) is 4.74 Å². The molecule has 0 unspecified atom stereocenters. The summed E-state index contributed by atoms with van der Waals surface area (Å²) < 4.78 is 23.6. The molecule has 0 radical (unpaired) electrons. The molecular formula is C14H20FNO2. The van der Waals surface area contributed by atoms with Gasteiger partial charge in [0, 0.05) is 24.9 Å². The summed E-state index contributed by atoms with van der Waals surface area (Å²) in [6.45, 7) is 0. The van der Waals surface area contributed by atoms with E-state index < -0.39 is 0 Å². The fraction of sp³-hybridized carbons (Fsp3) is 0.571. The molecule has 0 bridgehead atoms. The zero-order valence-electron chi connectivity index (χ0n) is 10.9. The summed E-state index contributed by atoms with van der Waals surface area (Å²) >= 11 is 0. The Bertz CT molecular complexity index is 389. The Morgan fingerprint density at radius 3 is 2.50 bits per heavy atom. The molecule has 1 saturated carbocycles. The molecular weight excluding hydrogens is 233 g/mol. The topological polar surface area (TPSA) is 30.5 Å². The standard InChI is InChI=1S/C14H20FNO2/c1-17-12-6-3-10(4-7-12)16-11-5-8-13(15)14(9-11)18-2/h5,8-10,12,16H,3-4,6-7H2,1-2H3. The van der Waals surface area contributed by atoms with Crippen LogP contribution in [0.3, 0.4) is 0 Å². The van der Waals surface area contributed by atoms with Crippen molar-refractivity contribution in [3.8, 4) is 5.75 Å². The lowest BCUT2D eigenvalue weighted by Crippen LogP contribution is -2.29. The molecule has 2 rings (SSSR count). The van der Waals surface area contributed by atoms with E-state index in [1.165, 1.54) is 13.2 Å². The van der Waals surface area contributed by atoms with Gasteiger partial charge in [0.15, 0.2) is 11.6 Å². The summed E-state index contributed by atoms with van der Waals surface area (Å²) in [5.41, 5.74) is 0.911. The van der Waals surface area contributed by atoms with Gasteiger partial charge in [-0.2, -0.15) is 0 Å². The number of anilines is 1. The Labute approximate surface area is 107 Å². The Morgan fingerprint density at radius 2 is 1.89 bits per heavy atom. The van der Waals surface area contributed by atoms with E-state index in [0.717, 1.165) is 31.4 Å². The minimum absolute atomic E-state index is 0.283. The average molecular weight is 253 g/mol. The number of nitrogens with one attached hydrogen (secondary N) is 1. The zero-order valence-corrected chi connectivity index (χ0v) is 10.9. The molecule has 3 nitrogen and oxygen atoms in total. The molecule has 1 N–H and O–H groups in total. The van der Waals surface area contributed by atoms with Gasteiger partial charge in [-0.25, -0.2) is 4.39 Å². The van der Waals surface area contributed by atoms with Crippen LogP contribution in [0.5, 0.6) is 5.75 Å². The summed E-state index contributed by atoms with van der Waals surface area (Å²) in [6, 6.07) is 5.33. The van der Waals surface area contributed by atoms with Crippen molar-refractivity contribution in [2.75, 3.05) is 19.5 Å². The van der Waals surface area contributed by atoms with Gasteiger partial charge in [0.25, 0.3) is 0 Å². The van der Waals surface area contributed by atoms with Gasteiger partial charge < -0.3 is 14.8 Å². The van der Waals surface area contributed by atoms with Crippen molar-refractivity contribution in [2.24, 2.45) is 0 Å². The Kier molecular flexibility index (Phi) is 4.42. The molecule has 0 aromatic heterocycles. The SMILES string of the molecule is COc1cc(NC2CCC(OC)CC2)ccc1F. The molecule has 0 amide bonds. The second-order valence-corrected chi connectivity index (χ2v) is 4.70. The number of halogens is 1. The van der Waals surface area contributed by atoms with Gasteiger partial charge in [0.05, 0.1) is 13.2 Å². The van der Waals surface area contributed by atoms with Crippen molar-refractivity contribution >= 4 is 5.69 Å². The number of methoxy groups -OCH3 is 2. The van der Waals surface area contributed by atoms with Gasteiger partial charge in [-0.15, -0.1) is 0 Å². The molecule has 1 aromatic rings. The maximum Gasteiger partial charge on any atom is 0.165 e. The highest BCUT2D eigenvalue weighted by molar-refractivity contribution is 5.49. The van der Waals surface area contributed by atoms with Crippen LogP contribution in [0.2, 0.25) is 0 Å². The number of rotatable bonds is 4. The van der Waals surface area contributed by atoms with E-state index >= 15 is 0 Å². The van der Waals surface area contributed by atoms with Crippen LogP contribution >= 0.6 is 0 Å². The van der Waals surface area contributed by atoms with E-state index in [2.05, 4.69) is 5.32 Å². The van der Waals surface area contributed by atoms with Crippen LogP contribution in [0.1, 0.15) is 25.7 Å². The highest BCUT2D eigenvalue weighted by Crippen LogP contribution is 2.26. The van der Waals surface area contributed by atoms with Crippen molar-refractivity contribution in [1.29, 1.82) is 0 Å². The lowest BCUT2D eigenvalue weighted by Gasteiger charge is -2.29. The van der Waals surface area contributed by atoms with Crippen LogP contribution in [0, 0.1) is 5.82 Å². The number of ether oxygens (including phenoxy) is 2. The van der Waals surface area contributed by atoms with E-state index in [4.69, 9.17) is 9.47 Å². The minimum atomic E-state index is -0.328. The first-order valence-corrected chi connectivity index (χ1v) is 6.36. The van der Waals surface area contributed by atoms with Gasteiger partial charge >= 0.3 is 0 Å². The largest absolute Gasteiger partial charge is 0.494 e. The predicted molar refractivity (Wildman–Crippen MR) is 69.6 cm³/mol. The molecule has 18 heavy (non-hydrogen) atoms. The van der Waals surface area contributed by atoms with Crippen molar-refractivity contribution in [3.05, 3.63) is 24.0 Å². The average Bonchev–Trinajstić information content (AvgIpc) is 2.42. The van der Waals surface area contributed by atoms with Crippen molar-refractivity contribution in [2.45, 2.75) is 37.8 Å². The Balaban J connectivity index is 1.94. The summed E-state index contributed by atoms with van der Waals surface area (Å²) in [5, 5.41) is 3.43. The molecule has 0 spiro atoms. The lowest BCUT2D eigenvalue weighted by atomic mass is 9.93. The molecule has 100 valence electrons. The highest BCUT2D eigenvalue weighted by atomic mass is 19.1. The maximum absolute atomic E-state index is 13.3. The van der Waals surface area contributed by atoms with E-state index in [0.29, 0.717) is 12.1 Å². The number of benzene rings is 1. The summed E-state index contributed by atoms with van der Waals surface area (Å²) in [4.78, 5) is 0. The summed E-state index contributed by atoms with van der Waals surface area (Å²) in [6.07, 6.45) is 4.71. The van der Waals surface area contributed by atoms with Crippen LogP contribution in [0.25, 0.3) is 0 Å². The third-order valence-electron chi connectivity index (χ3n) is 3.53. The predicted octanol–water partition coefficient (Wildman–Crippen LogP) is 3.20. The van der Waals surface area contributed by atoms with Gasteiger partial charge in [-0.3, -0.25) is 0 Å². The zero-order chi connectivity index (χ0) is 13.0. The first-order valence-electron chi connectivity index (χ1n) is 6.36. The highest BCUT2D eigenvalue weighted by Gasteiger charge is 2.20. The Hall–Kier alpha value is -1.29. The van der Waals surface area contributed by atoms with E-state index in [-0.39, 0.29) is 11.6 Å². The lowest BCUT2D eigenvalue weighted by molar-refractivity contribution is 0.0682. The first-order chi connectivity index (χ1) is 8.72. The maximum atomic E-state index is 13.3. The summed E-state index contributed by atoms with van der Waals surface area (Å²) in [5.74, 6) is -0.0447. The van der Waals surface area contributed by atoms with E-state index in [9.17, 15) is 4.39 Å². The third-order valence-corrected chi connectivity index (χ3v) is 3.53. The van der Waals surface area contributed by atoms with E-state index in [1.54, 1.807) is 19.2 Å². The second-order valence-electron chi connectivity index (χ2n) is 4.70. The first kappa shape index (κ1) is 13.1. The minimum Gasteiger partial charge on any atom is -0.494 e. The third kappa shape index (κ3) is 3.13. The van der Waals surface area contributed by atoms with Gasteiger partial charge in [0.1, 0.15) is 0 Å². The molecule has 0 atom stereocenters. The van der Waals surface area contributed by atoms with Crippen LogP contribution in [0.4, 0.5) is 10.1 Å². The summed E-state index contributed by atoms with van der Waals surface area (Å²) in [7, 11) is 3.25. The van der Waals surface area contributed by atoms with Crippen LogP contribution < -0.4 is 10.1 Å². The number of hydrogen-bond donors (Lipinski definition) is 1. The second kappa shape index (κ2) is 6.05. The smallest absolute Gasteiger partial charge is 0.165 e. The normalized spacial score (nSPS) is 23.7. The quantitative estimate of drug-likeness (QED) is 0.893. The number of hydrogen-bond acceptors (Lipinski definition) is 3. The molecule has 1 fully saturated rings. The van der Waals surface area contributed by atoms with Gasteiger partial charge in [0.2, 0.25) is 0 Å². The monoisotopic (exact) mass is 253 g/mol. The molecule has 0 heterocycles. The molecule has 1 aliphatic carbocycles.